The summed E-state index contributed by atoms with van der Waals surface area (Å²) < 4.78 is 0. The van der Waals surface area contributed by atoms with E-state index in [4.69, 9.17) is 0 Å². The van der Waals surface area contributed by atoms with Gasteiger partial charge in [-0.3, -0.25) is 5.10 Å². The van der Waals surface area contributed by atoms with Crippen LogP contribution >= 0.6 is 11.3 Å². The van der Waals surface area contributed by atoms with Crippen LogP contribution in [0.25, 0.3) is 32.9 Å². The molecule has 5 heteroatoms. The molecule has 0 saturated carbocycles. The number of H-pyrrole nitrogens is 2. The fourth-order valence-electron chi connectivity index (χ4n) is 2.18. The Balaban J connectivity index is 1.85. The molecule has 0 spiro atoms. The Kier molecular flexibility index (Phi) is 2.25. The third kappa shape index (κ3) is 1.67. The first-order valence-electron chi connectivity index (χ1n) is 5.93. The highest BCUT2D eigenvalue weighted by Gasteiger charge is 2.11. The zero-order chi connectivity index (χ0) is 12.7. The molecule has 0 aliphatic rings. The second kappa shape index (κ2) is 4.07. The lowest BCUT2D eigenvalue weighted by molar-refractivity contribution is 1.09. The minimum Gasteiger partial charge on any atom is -0.360 e. The number of thiazole rings is 1. The van der Waals surface area contributed by atoms with Crippen molar-refractivity contribution >= 4 is 22.2 Å². The molecule has 4 nitrogen and oxygen atoms in total. The Bertz CT molecular complexity index is 826. The number of benzene rings is 1. The highest BCUT2D eigenvalue weighted by Crippen LogP contribution is 2.31. The monoisotopic (exact) mass is 266 g/mol. The van der Waals surface area contributed by atoms with Crippen molar-refractivity contribution in [2.24, 2.45) is 0 Å². The maximum atomic E-state index is 4.67. The number of para-hydroxylation sites is 1. The third-order valence-electron chi connectivity index (χ3n) is 3.10. The number of nitrogens with one attached hydrogen (secondary N) is 2. The summed E-state index contributed by atoms with van der Waals surface area (Å²) in [6.45, 7) is 0. The summed E-state index contributed by atoms with van der Waals surface area (Å²) in [5, 5.41) is 11.1. The number of hydrogen-bond donors (Lipinski definition) is 2. The number of nitrogens with zero attached hydrogens (tertiary/aromatic N) is 2. The van der Waals surface area contributed by atoms with Gasteiger partial charge in [0, 0.05) is 34.2 Å². The lowest BCUT2D eigenvalue weighted by atomic mass is 10.1. The Morgan fingerprint density at radius 1 is 1.11 bits per heavy atom. The fraction of sp³-hybridized carbons (Fsp3) is 0. The smallest absolute Gasteiger partial charge is 0.141 e. The first kappa shape index (κ1) is 10.5. The summed E-state index contributed by atoms with van der Waals surface area (Å²) in [7, 11) is 0. The molecule has 2 N–H and O–H groups in total. The predicted molar refractivity (Wildman–Crippen MR) is 77.0 cm³/mol. The minimum absolute atomic E-state index is 0.955. The van der Waals surface area contributed by atoms with Crippen LogP contribution in [0.4, 0.5) is 0 Å². The van der Waals surface area contributed by atoms with E-state index < -0.39 is 0 Å². The summed E-state index contributed by atoms with van der Waals surface area (Å²) in [4.78, 5) is 7.95. The Labute approximate surface area is 113 Å². The number of aromatic amines is 2. The maximum absolute atomic E-state index is 4.67. The van der Waals surface area contributed by atoms with Crippen LogP contribution in [0.3, 0.4) is 0 Å². The van der Waals surface area contributed by atoms with E-state index in [9.17, 15) is 0 Å². The Hall–Kier alpha value is -2.40. The van der Waals surface area contributed by atoms with Gasteiger partial charge in [0.2, 0.25) is 0 Å². The Morgan fingerprint density at radius 3 is 2.95 bits per heavy atom. The molecular weight excluding hydrogens is 256 g/mol. The lowest BCUT2D eigenvalue weighted by Crippen LogP contribution is -1.78. The fourth-order valence-corrected chi connectivity index (χ4v) is 2.97. The molecule has 4 rings (SSSR count). The molecule has 0 atom stereocenters. The average Bonchev–Trinajstić information content (AvgIpc) is 3.18. The number of fused-ring (bicyclic) bond motifs is 1. The van der Waals surface area contributed by atoms with Crippen LogP contribution in [-0.4, -0.2) is 20.2 Å². The molecule has 0 aliphatic carbocycles. The van der Waals surface area contributed by atoms with Crippen LogP contribution in [0.15, 0.2) is 48.1 Å². The number of hydrogen-bond acceptors (Lipinski definition) is 3. The van der Waals surface area contributed by atoms with Crippen molar-refractivity contribution in [1.29, 1.82) is 0 Å². The highest BCUT2D eigenvalue weighted by atomic mass is 32.1. The van der Waals surface area contributed by atoms with E-state index in [0.29, 0.717) is 0 Å². The zero-order valence-electron chi connectivity index (χ0n) is 9.92. The predicted octanol–water partition coefficient (Wildman–Crippen LogP) is 3.68. The summed E-state index contributed by atoms with van der Waals surface area (Å²) >= 11 is 1.62. The second-order valence-electron chi connectivity index (χ2n) is 4.26. The molecule has 0 radical (unpaired) electrons. The van der Waals surface area contributed by atoms with Crippen LogP contribution in [-0.2, 0) is 0 Å². The van der Waals surface area contributed by atoms with E-state index >= 15 is 0 Å². The summed E-state index contributed by atoms with van der Waals surface area (Å²) in [6.07, 6.45) is 3.75. The molecule has 0 bridgehead atoms. The van der Waals surface area contributed by atoms with Gasteiger partial charge in [0.15, 0.2) is 0 Å². The maximum Gasteiger partial charge on any atom is 0.141 e. The van der Waals surface area contributed by atoms with Crippen LogP contribution in [0.5, 0.6) is 0 Å². The molecule has 4 aromatic rings. The SMILES string of the molecule is c1ccc2c(-c3csc(-c4ccn[nH]4)n3)c[nH]c2c1. The molecule has 3 aromatic heterocycles. The van der Waals surface area contributed by atoms with Crippen molar-refractivity contribution in [3.8, 4) is 22.0 Å². The molecular formula is C14H10N4S. The molecule has 1 aromatic carbocycles. The van der Waals surface area contributed by atoms with E-state index in [-0.39, 0.29) is 0 Å². The van der Waals surface area contributed by atoms with Gasteiger partial charge in [-0.2, -0.15) is 5.10 Å². The summed E-state index contributed by atoms with van der Waals surface area (Å²) in [5.74, 6) is 0. The first-order valence-corrected chi connectivity index (χ1v) is 6.81. The minimum atomic E-state index is 0.955. The van der Waals surface area contributed by atoms with Gasteiger partial charge in [-0.25, -0.2) is 4.98 Å². The van der Waals surface area contributed by atoms with E-state index in [2.05, 4.69) is 37.7 Å². The normalized spacial score (nSPS) is 11.2. The van der Waals surface area contributed by atoms with Gasteiger partial charge >= 0.3 is 0 Å². The van der Waals surface area contributed by atoms with E-state index in [1.165, 1.54) is 5.39 Å². The quantitative estimate of drug-likeness (QED) is 0.581. The van der Waals surface area contributed by atoms with Crippen LogP contribution in [0.2, 0.25) is 0 Å². The third-order valence-corrected chi connectivity index (χ3v) is 3.98. The number of aromatic nitrogens is 4. The topological polar surface area (TPSA) is 57.4 Å². The van der Waals surface area contributed by atoms with Crippen molar-refractivity contribution in [2.45, 2.75) is 0 Å². The summed E-state index contributed by atoms with van der Waals surface area (Å²) in [5.41, 5.74) is 4.22. The molecule has 0 unspecified atom stereocenters. The van der Waals surface area contributed by atoms with Gasteiger partial charge in [-0.05, 0) is 12.1 Å². The number of rotatable bonds is 2. The van der Waals surface area contributed by atoms with Crippen molar-refractivity contribution in [3.63, 3.8) is 0 Å². The van der Waals surface area contributed by atoms with Crippen molar-refractivity contribution < 1.29 is 0 Å². The van der Waals surface area contributed by atoms with Crippen LogP contribution < -0.4 is 0 Å². The zero-order valence-corrected chi connectivity index (χ0v) is 10.7. The standard InChI is InChI=1S/C14H10N4S/c1-2-4-11-9(3-1)10(7-15-11)13-8-19-14(17-13)12-5-6-16-18-12/h1-8,15H,(H,16,18). The molecule has 0 fully saturated rings. The average molecular weight is 266 g/mol. The van der Waals surface area contributed by atoms with Crippen molar-refractivity contribution in [2.75, 3.05) is 0 Å². The van der Waals surface area contributed by atoms with Gasteiger partial charge in [0.1, 0.15) is 5.01 Å². The first-order chi connectivity index (χ1) is 9.42. The molecule has 0 amide bonds. The van der Waals surface area contributed by atoms with Crippen LogP contribution in [0.1, 0.15) is 0 Å². The van der Waals surface area contributed by atoms with Gasteiger partial charge in [-0.1, -0.05) is 18.2 Å². The van der Waals surface area contributed by atoms with Crippen molar-refractivity contribution in [1.82, 2.24) is 20.2 Å². The lowest BCUT2D eigenvalue weighted by Gasteiger charge is -1.93. The Morgan fingerprint density at radius 2 is 2.05 bits per heavy atom. The highest BCUT2D eigenvalue weighted by molar-refractivity contribution is 7.13. The van der Waals surface area contributed by atoms with Gasteiger partial charge < -0.3 is 4.98 Å². The van der Waals surface area contributed by atoms with Gasteiger partial charge in [0.05, 0.1) is 11.4 Å². The molecule has 3 heterocycles. The van der Waals surface area contributed by atoms with Gasteiger partial charge in [0.25, 0.3) is 0 Å². The van der Waals surface area contributed by atoms with Crippen molar-refractivity contribution in [3.05, 3.63) is 48.1 Å². The van der Waals surface area contributed by atoms with E-state index in [0.717, 1.165) is 27.5 Å². The molecule has 0 saturated heterocycles. The van der Waals surface area contributed by atoms with E-state index in [1.54, 1.807) is 17.5 Å². The van der Waals surface area contributed by atoms with Gasteiger partial charge in [-0.15, -0.1) is 11.3 Å². The summed E-state index contributed by atoms with van der Waals surface area (Å²) in [6, 6.07) is 10.2. The van der Waals surface area contributed by atoms with Crippen LogP contribution in [0, 0.1) is 0 Å². The second-order valence-corrected chi connectivity index (χ2v) is 5.11. The largest absolute Gasteiger partial charge is 0.360 e. The van der Waals surface area contributed by atoms with E-state index in [1.807, 2.05) is 24.4 Å². The molecule has 0 aliphatic heterocycles. The molecule has 19 heavy (non-hydrogen) atoms. The molecule has 92 valence electrons.